The molecule has 2 unspecified atom stereocenters. The molecule has 7 heavy (non-hydrogen) atoms. The number of hydrogen-bond donors (Lipinski definition) is 1. The van der Waals surface area contributed by atoms with Gasteiger partial charge in [-0.15, -0.1) is 6.58 Å². The zero-order valence-corrected chi connectivity index (χ0v) is 4.30. The van der Waals surface area contributed by atoms with E-state index >= 15 is 0 Å². The first-order chi connectivity index (χ1) is 3.34. The van der Waals surface area contributed by atoms with Crippen LogP contribution in [0.3, 0.4) is 0 Å². The predicted molar refractivity (Wildman–Crippen MR) is 28.9 cm³/mol. The molecule has 1 aliphatic carbocycles. The normalized spacial score (nSPS) is 37.9. The maximum atomic E-state index is 8.71. The van der Waals surface area contributed by atoms with Crippen LogP contribution < -0.4 is 0 Å². The number of aliphatic hydroxyl groups excluding tert-OH is 1. The van der Waals surface area contributed by atoms with Crippen LogP contribution in [0.15, 0.2) is 12.7 Å². The Morgan fingerprint density at radius 1 is 1.86 bits per heavy atom. The molecule has 0 saturated heterocycles. The SMILES string of the molecule is C=CCC1CC1O. The molecule has 1 aliphatic rings. The molecule has 1 fully saturated rings. The van der Waals surface area contributed by atoms with Gasteiger partial charge < -0.3 is 5.11 Å². The summed E-state index contributed by atoms with van der Waals surface area (Å²) in [6.45, 7) is 3.56. The Balaban J connectivity index is 2.08. The van der Waals surface area contributed by atoms with Crippen molar-refractivity contribution in [1.82, 2.24) is 0 Å². The quantitative estimate of drug-likeness (QED) is 0.510. The first kappa shape index (κ1) is 4.85. The minimum absolute atomic E-state index is 0.00185. The van der Waals surface area contributed by atoms with Crippen LogP contribution in [0, 0.1) is 5.92 Å². The van der Waals surface area contributed by atoms with Gasteiger partial charge in [0.2, 0.25) is 0 Å². The van der Waals surface area contributed by atoms with Crippen LogP contribution in [0.1, 0.15) is 12.8 Å². The van der Waals surface area contributed by atoms with E-state index < -0.39 is 0 Å². The lowest BCUT2D eigenvalue weighted by Gasteiger charge is -1.81. The number of rotatable bonds is 2. The van der Waals surface area contributed by atoms with Crippen molar-refractivity contribution < 1.29 is 5.11 Å². The molecule has 0 bridgehead atoms. The molecular formula is C6H10O. The van der Waals surface area contributed by atoms with Gasteiger partial charge >= 0.3 is 0 Å². The average Bonchev–Trinajstić information content (AvgIpc) is 2.22. The zero-order valence-electron chi connectivity index (χ0n) is 4.30. The zero-order chi connectivity index (χ0) is 5.28. The molecule has 1 heteroatoms. The van der Waals surface area contributed by atoms with Gasteiger partial charge in [0.05, 0.1) is 6.10 Å². The third kappa shape index (κ3) is 1.03. The Hall–Kier alpha value is -0.300. The van der Waals surface area contributed by atoms with E-state index in [0.717, 1.165) is 12.8 Å². The molecule has 0 aromatic carbocycles. The van der Waals surface area contributed by atoms with Crippen molar-refractivity contribution in [3.05, 3.63) is 12.7 Å². The molecule has 40 valence electrons. The Kier molecular flexibility index (Phi) is 1.15. The molecule has 0 aromatic rings. The van der Waals surface area contributed by atoms with E-state index in [0.29, 0.717) is 5.92 Å². The molecule has 1 rings (SSSR count). The minimum atomic E-state index is -0.00185. The van der Waals surface area contributed by atoms with E-state index in [9.17, 15) is 0 Å². The molecule has 0 radical (unpaired) electrons. The molecule has 0 heterocycles. The molecule has 1 saturated carbocycles. The maximum Gasteiger partial charge on any atom is 0.0576 e. The lowest BCUT2D eigenvalue weighted by atomic mass is 10.3. The summed E-state index contributed by atoms with van der Waals surface area (Å²) >= 11 is 0. The van der Waals surface area contributed by atoms with Crippen LogP contribution in [-0.4, -0.2) is 11.2 Å². The molecule has 0 aromatic heterocycles. The molecule has 0 spiro atoms. The van der Waals surface area contributed by atoms with Crippen LogP contribution in [0.25, 0.3) is 0 Å². The van der Waals surface area contributed by atoms with Crippen LogP contribution in [0.5, 0.6) is 0 Å². The fourth-order valence-electron chi connectivity index (χ4n) is 0.699. The van der Waals surface area contributed by atoms with Crippen LogP contribution in [0.4, 0.5) is 0 Å². The van der Waals surface area contributed by atoms with E-state index in [-0.39, 0.29) is 6.10 Å². The van der Waals surface area contributed by atoms with E-state index in [1.165, 1.54) is 0 Å². The fraction of sp³-hybridized carbons (Fsp3) is 0.667. The fourth-order valence-corrected chi connectivity index (χ4v) is 0.699. The van der Waals surface area contributed by atoms with Crippen molar-refractivity contribution in [2.75, 3.05) is 0 Å². The number of aliphatic hydroxyl groups is 1. The van der Waals surface area contributed by atoms with Crippen molar-refractivity contribution in [2.24, 2.45) is 5.92 Å². The third-order valence-electron chi connectivity index (χ3n) is 1.35. The molecule has 2 atom stereocenters. The van der Waals surface area contributed by atoms with Crippen molar-refractivity contribution >= 4 is 0 Å². The maximum absolute atomic E-state index is 8.71. The third-order valence-corrected chi connectivity index (χ3v) is 1.35. The van der Waals surface area contributed by atoms with Crippen molar-refractivity contribution in [2.45, 2.75) is 18.9 Å². The largest absolute Gasteiger partial charge is 0.393 e. The Bertz CT molecular complexity index is 78.2. The van der Waals surface area contributed by atoms with E-state index in [4.69, 9.17) is 5.11 Å². The van der Waals surface area contributed by atoms with Gasteiger partial charge in [-0.1, -0.05) is 6.08 Å². The lowest BCUT2D eigenvalue weighted by Crippen LogP contribution is -1.80. The van der Waals surface area contributed by atoms with Gasteiger partial charge in [0, 0.05) is 0 Å². The van der Waals surface area contributed by atoms with Crippen LogP contribution >= 0.6 is 0 Å². The second-order valence-corrected chi connectivity index (χ2v) is 2.09. The first-order valence-corrected chi connectivity index (χ1v) is 2.63. The summed E-state index contributed by atoms with van der Waals surface area (Å²) < 4.78 is 0. The van der Waals surface area contributed by atoms with Gasteiger partial charge in [-0.3, -0.25) is 0 Å². The molecule has 1 N–H and O–H groups in total. The van der Waals surface area contributed by atoms with E-state index in [1.807, 2.05) is 6.08 Å². The summed E-state index contributed by atoms with van der Waals surface area (Å²) in [4.78, 5) is 0. The summed E-state index contributed by atoms with van der Waals surface area (Å²) in [5, 5.41) is 8.71. The smallest absolute Gasteiger partial charge is 0.0576 e. The van der Waals surface area contributed by atoms with Gasteiger partial charge in [-0.25, -0.2) is 0 Å². The van der Waals surface area contributed by atoms with Crippen molar-refractivity contribution in [3.63, 3.8) is 0 Å². The Morgan fingerprint density at radius 2 is 2.43 bits per heavy atom. The first-order valence-electron chi connectivity index (χ1n) is 2.63. The number of allylic oxidation sites excluding steroid dienone is 1. The number of hydrogen-bond acceptors (Lipinski definition) is 1. The second kappa shape index (κ2) is 1.66. The molecule has 0 amide bonds. The molecular weight excluding hydrogens is 88.1 g/mol. The van der Waals surface area contributed by atoms with Crippen molar-refractivity contribution in [3.8, 4) is 0 Å². The topological polar surface area (TPSA) is 20.2 Å². The van der Waals surface area contributed by atoms with Gasteiger partial charge in [0.15, 0.2) is 0 Å². The molecule has 1 nitrogen and oxygen atoms in total. The highest BCUT2D eigenvalue weighted by atomic mass is 16.3. The van der Waals surface area contributed by atoms with Gasteiger partial charge in [-0.2, -0.15) is 0 Å². The van der Waals surface area contributed by atoms with Crippen LogP contribution in [-0.2, 0) is 0 Å². The lowest BCUT2D eigenvalue weighted by molar-refractivity contribution is 0.260. The van der Waals surface area contributed by atoms with E-state index in [1.54, 1.807) is 0 Å². The summed E-state index contributed by atoms with van der Waals surface area (Å²) in [6.07, 6.45) is 3.84. The predicted octanol–water partition coefficient (Wildman–Crippen LogP) is 0.943. The highest BCUT2D eigenvalue weighted by molar-refractivity contribution is 4.90. The second-order valence-electron chi connectivity index (χ2n) is 2.09. The molecule has 0 aliphatic heterocycles. The standard InChI is InChI=1S/C6H10O/c1-2-3-5-4-6(5)7/h2,5-7H,1,3-4H2. The summed E-state index contributed by atoms with van der Waals surface area (Å²) in [7, 11) is 0. The van der Waals surface area contributed by atoms with Crippen molar-refractivity contribution in [1.29, 1.82) is 0 Å². The Morgan fingerprint density at radius 3 is 2.57 bits per heavy atom. The van der Waals surface area contributed by atoms with Gasteiger partial charge in [0.25, 0.3) is 0 Å². The monoisotopic (exact) mass is 98.1 g/mol. The van der Waals surface area contributed by atoms with Gasteiger partial charge in [-0.05, 0) is 18.8 Å². The minimum Gasteiger partial charge on any atom is -0.393 e. The van der Waals surface area contributed by atoms with E-state index in [2.05, 4.69) is 6.58 Å². The summed E-state index contributed by atoms with van der Waals surface area (Å²) in [5.74, 6) is 0.553. The highest BCUT2D eigenvalue weighted by Gasteiger charge is 2.33. The van der Waals surface area contributed by atoms with Gasteiger partial charge in [0.1, 0.15) is 0 Å². The Labute approximate surface area is 43.7 Å². The average molecular weight is 98.1 g/mol. The van der Waals surface area contributed by atoms with Crippen LogP contribution in [0.2, 0.25) is 0 Å². The highest BCUT2D eigenvalue weighted by Crippen LogP contribution is 2.32. The summed E-state index contributed by atoms with van der Waals surface area (Å²) in [5.41, 5.74) is 0. The summed E-state index contributed by atoms with van der Waals surface area (Å²) in [6, 6.07) is 0.